The van der Waals surface area contributed by atoms with Crippen molar-refractivity contribution in [1.82, 2.24) is 4.98 Å². The van der Waals surface area contributed by atoms with Gasteiger partial charge in [0.2, 0.25) is 0 Å². The number of alkyl halides is 3. The lowest BCUT2D eigenvalue weighted by Crippen LogP contribution is -2.11. The Labute approximate surface area is 120 Å². The normalized spacial score (nSPS) is 10.8. The number of carbonyl (C=O) groups is 1. The molecule has 0 aliphatic heterocycles. The molecule has 0 saturated heterocycles. The highest BCUT2D eigenvalue weighted by Crippen LogP contribution is 2.27. The third-order valence-electron chi connectivity index (χ3n) is 2.13. The maximum absolute atomic E-state index is 12.9. The van der Waals surface area contributed by atoms with Crippen molar-refractivity contribution in [1.29, 1.82) is 0 Å². The summed E-state index contributed by atoms with van der Waals surface area (Å²) in [6.07, 6.45) is -2.93. The summed E-state index contributed by atoms with van der Waals surface area (Å²) < 4.78 is 31.1. The maximum Gasteiger partial charge on any atom is 0.310 e. The Bertz CT molecular complexity index is 441. The predicted octanol–water partition coefficient (Wildman–Crippen LogP) is 3.78. The van der Waals surface area contributed by atoms with E-state index in [-0.39, 0.29) is 24.3 Å². The van der Waals surface area contributed by atoms with Gasteiger partial charge >= 0.3 is 5.97 Å². The second-order valence-electron chi connectivity index (χ2n) is 3.38. The van der Waals surface area contributed by atoms with Gasteiger partial charge < -0.3 is 4.74 Å². The van der Waals surface area contributed by atoms with Crippen molar-refractivity contribution in [3.05, 3.63) is 27.5 Å². The van der Waals surface area contributed by atoms with Crippen LogP contribution in [0.5, 0.6) is 0 Å². The van der Waals surface area contributed by atoms with Crippen LogP contribution >= 0.6 is 31.9 Å². The largest absolute Gasteiger partial charge is 0.466 e. The molecule has 0 radical (unpaired) electrons. The van der Waals surface area contributed by atoms with Crippen LogP contribution in [0.4, 0.5) is 8.78 Å². The van der Waals surface area contributed by atoms with E-state index in [1.54, 1.807) is 6.92 Å². The SMILES string of the molecule is CCOC(=O)Cc1cc(Br)c(CBr)nc1C(F)F. The van der Waals surface area contributed by atoms with Gasteiger partial charge in [-0.2, -0.15) is 0 Å². The molecule has 100 valence electrons. The Kier molecular flexibility index (Phi) is 6.14. The van der Waals surface area contributed by atoms with Gasteiger partial charge in [0.05, 0.1) is 18.7 Å². The fourth-order valence-corrected chi connectivity index (χ4v) is 2.68. The highest BCUT2D eigenvalue weighted by molar-refractivity contribution is 9.10. The highest BCUT2D eigenvalue weighted by Gasteiger charge is 2.20. The molecule has 0 fully saturated rings. The summed E-state index contributed by atoms with van der Waals surface area (Å²) in [5.41, 5.74) is 0.277. The third kappa shape index (κ3) is 3.98. The molecule has 0 aliphatic carbocycles. The minimum atomic E-state index is -2.72. The molecule has 1 rings (SSSR count). The predicted molar refractivity (Wildman–Crippen MR) is 69.9 cm³/mol. The van der Waals surface area contributed by atoms with E-state index in [0.29, 0.717) is 15.5 Å². The Hall–Kier alpha value is -0.560. The summed E-state index contributed by atoms with van der Waals surface area (Å²) in [7, 11) is 0. The van der Waals surface area contributed by atoms with E-state index in [1.807, 2.05) is 0 Å². The van der Waals surface area contributed by atoms with E-state index in [9.17, 15) is 13.6 Å². The zero-order chi connectivity index (χ0) is 13.7. The molecule has 7 heteroatoms. The van der Waals surface area contributed by atoms with Gasteiger partial charge in [-0.25, -0.2) is 13.8 Å². The first kappa shape index (κ1) is 15.5. The van der Waals surface area contributed by atoms with Gasteiger partial charge in [0.1, 0.15) is 5.69 Å². The van der Waals surface area contributed by atoms with Gasteiger partial charge in [-0.1, -0.05) is 15.9 Å². The number of nitrogens with zero attached hydrogens (tertiary/aromatic N) is 1. The molecule has 0 saturated carbocycles. The van der Waals surface area contributed by atoms with Gasteiger partial charge in [0.15, 0.2) is 0 Å². The van der Waals surface area contributed by atoms with E-state index in [1.165, 1.54) is 6.07 Å². The molecule has 1 aromatic rings. The molecule has 1 aromatic heterocycles. The van der Waals surface area contributed by atoms with Crippen LogP contribution in [-0.4, -0.2) is 17.6 Å². The number of hydrogen-bond donors (Lipinski definition) is 0. The quantitative estimate of drug-likeness (QED) is 0.571. The molecule has 0 spiro atoms. The average Bonchev–Trinajstić information content (AvgIpc) is 2.29. The lowest BCUT2D eigenvalue weighted by Gasteiger charge is -2.11. The summed E-state index contributed by atoms with van der Waals surface area (Å²) >= 11 is 6.39. The second kappa shape index (κ2) is 7.13. The average molecular weight is 387 g/mol. The first-order valence-electron chi connectivity index (χ1n) is 5.17. The summed E-state index contributed by atoms with van der Waals surface area (Å²) in [6.45, 7) is 1.88. The van der Waals surface area contributed by atoms with Crippen LogP contribution in [0.1, 0.15) is 30.3 Å². The molecule has 0 amide bonds. The zero-order valence-corrected chi connectivity index (χ0v) is 12.7. The summed E-state index contributed by atoms with van der Waals surface area (Å²) in [5.74, 6) is -0.542. The Balaban J connectivity index is 3.09. The van der Waals surface area contributed by atoms with E-state index >= 15 is 0 Å². The Morgan fingerprint density at radius 2 is 2.22 bits per heavy atom. The molecule has 3 nitrogen and oxygen atoms in total. The molecule has 0 bridgehead atoms. The topological polar surface area (TPSA) is 39.2 Å². The first-order valence-corrected chi connectivity index (χ1v) is 7.09. The van der Waals surface area contributed by atoms with Crippen LogP contribution < -0.4 is 0 Å². The van der Waals surface area contributed by atoms with Crippen LogP contribution in [0.3, 0.4) is 0 Å². The number of hydrogen-bond acceptors (Lipinski definition) is 3. The summed E-state index contributed by atoms with van der Waals surface area (Å²) in [4.78, 5) is 15.2. The van der Waals surface area contributed by atoms with Gasteiger partial charge in [0.25, 0.3) is 6.43 Å². The van der Waals surface area contributed by atoms with Crippen molar-refractivity contribution in [2.75, 3.05) is 6.61 Å². The number of halogens is 4. The molecule has 0 atom stereocenters. The van der Waals surface area contributed by atoms with Crippen LogP contribution in [0, 0.1) is 0 Å². The zero-order valence-electron chi connectivity index (χ0n) is 9.55. The fraction of sp³-hybridized carbons (Fsp3) is 0.455. The molecular weight excluding hydrogens is 376 g/mol. The molecule has 0 unspecified atom stereocenters. The van der Waals surface area contributed by atoms with Crippen molar-refractivity contribution < 1.29 is 18.3 Å². The molecular formula is C11H11Br2F2NO2. The van der Waals surface area contributed by atoms with Crippen molar-refractivity contribution >= 4 is 37.8 Å². The smallest absolute Gasteiger partial charge is 0.310 e. The number of aromatic nitrogens is 1. The minimum Gasteiger partial charge on any atom is -0.466 e. The van der Waals surface area contributed by atoms with Crippen molar-refractivity contribution in [2.24, 2.45) is 0 Å². The van der Waals surface area contributed by atoms with E-state index in [2.05, 4.69) is 36.8 Å². The van der Waals surface area contributed by atoms with Crippen LogP contribution in [0.15, 0.2) is 10.5 Å². The number of esters is 1. The lowest BCUT2D eigenvalue weighted by molar-refractivity contribution is -0.142. The van der Waals surface area contributed by atoms with Crippen molar-refractivity contribution in [2.45, 2.75) is 25.1 Å². The summed E-state index contributed by atoms with van der Waals surface area (Å²) in [6, 6.07) is 1.49. The standard InChI is InChI=1S/C11H11Br2F2NO2/c1-2-18-9(17)4-6-3-7(13)8(5-12)16-10(6)11(14)15/h3,11H,2,4-5H2,1H3. The maximum atomic E-state index is 12.9. The number of rotatable bonds is 5. The lowest BCUT2D eigenvalue weighted by atomic mass is 10.1. The van der Waals surface area contributed by atoms with Crippen molar-refractivity contribution in [3.8, 4) is 0 Å². The van der Waals surface area contributed by atoms with Gasteiger partial charge in [-0.05, 0) is 34.5 Å². The summed E-state index contributed by atoms with van der Waals surface area (Å²) in [5, 5.41) is 0.354. The molecule has 0 N–H and O–H groups in total. The molecule has 18 heavy (non-hydrogen) atoms. The monoisotopic (exact) mass is 385 g/mol. The third-order valence-corrected chi connectivity index (χ3v) is 3.35. The van der Waals surface area contributed by atoms with Crippen molar-refractivity contribution in [3.63, 3.8) is 0 Å². The number of ether oxygens (including phenoxy) is 1. The molecule has 0 aliphatic rings. The molecule has 0 aromatic carbocycles. The number of pyridine rings is 1. The van der Waals surface area contributed by atoms with E-state index in [4.69, 9.17) is 4.74 Å². The highest BCUT2D eigenvalue weighted by atomic mass is 79.9. The molecule has 1 heterocycles. The van der Waals surface area contributed by atoms with Gasteiger partial charge in [0, 0.05) is 9.80 Å². The van der Waals surface area contributed by atoms with Gasteiger partial charge in [-0.15, -0.1) is 0 Å². The van der Waals surface area contributed by atoms with Crippen LogP contribution in [-0.2, 0) is 21.3 Å². The Morgan fingerprint density at radius 1 is 1.56 bits per heavy atom. The van der Waals surface area contributed by atoms with E-state index < -0.39 is 12.4 Å². The second-order valence-corrected chi connectivity index (χ2v) is 4.79. The van der Waals surface area contributed by atoms with Gasteiger partial charge in [-0.3, -0.25) is 4.79 Å². The van der Waals surface area contributed by atoms with Crippen LogP contribution in [0.2, 0.25) is 0 Å². The fourth-order valence-electron chi connectivity index (χ4n) is 1.37. The van der Waals surface area contributed by atoms with E-state index in [0.717, 1.165) is 0 Å². The first-order chi connectivity index (χ1) is 8.49. The number of carbonyl (C=O) groups excluding carboxylic acids is 1. The minimum absolute atomic E-state index is 0.181. The Morgan fingerprint density at radius 3 is 2.72 bits per heavy atom. The van der Waals surface area contributed by atoms with Crippen LogP contribution in [0.25, 0.3) is 0 Å².